The van der Waals surface area contributed by atoms with Crippen molar-refractivity contribution >= 4 is 18.0 Å². The molecular formula is C25H30N2O5. The number of alkyl carbamates (subject to hydrolysis) is 1. The summed E-state index contributed by atoms with van der Waals surface area (Å²) in [4.78, 5) is 36.6. The molecule has 0 saturated heterocycles. The van der Waals surface area contributed by atoms with Crippen molar-refractivity contribution < 1.29 is 24.2 Å². The highest BCUT2D eigenvalue weighted by atomic mass is 16.5. The predicted molar refractivity (Wildman–Crippen MR) is 121 cm³/mol. The van der Waals surface area contributed by atoms with E-state index in [9.17, 15) is 19.5 Å². The molecule has 7 nitrogen and oxygen atoms in total. The largest absolute Gasteiger partial charge is 0.480 e. The summed E-state index contributed by atoms with van der Waals surface area (Å²) in [5.41, 5.74) is 3.78. The van der Waals surface area contributed by atoms with Gasteiger partial charge in [-0.25, -0.2) is 9.59 Å². The number of carboxylic acid groups (broad SMARTS) is 1. The van der Waals surface area contributed by atoms with Crippen LogP contribution in [0.3, 0.4) is 0 Å². The van der Waals surface area contributed by atoms with Crippen molar-refractivity contribution in [3.8, 4) is 11.1 Å². The summed E-state index contributed by atoms with van der Waals surface area (Å²) < 4.78 is 5.50. The molecule has 1 aliphatic carbocycles. The van der Waals surface area contributed by atoms with Gasteiger partial charge >= 0.3 is 12.1 Å². The quantitative estimate of drug-likeness (QED) is 0.608. The van der Waals surface area contributed by atoms with E-state index >= 15 is 0 Å². The number of carbonyl (C=O) groups excluding carboxylic acids is 2. The maximum absolute atomic E-state index is 12.6. The Morgan fingerprint density at radius 1 is 0.969 bits per heavy atom. The van der Waals surface area contributed by atoms with Gasteiger partial charge in [-0.05, 0) is 34.1 Å². The van der Waals surface area contributed by atoms with Crippen LogP contribution in [-0.2, 0) is 14.3 Å². The van der Waals surface area contributed by atoms with E-state index in [1.807, 2.05) is 36.4 Å². The highest BCUT2D eigenvalue weighted by molar-refractivity contribution is 5.89. The van der Waals surface area contributed by atoms with Crippen LogP contribution in [0.15, 0.2) is 48.5 Å². The van der Waals surface area contributed by atoms with E-state index in [2.05, 4.69) is 22.8 Å². The maximum atomic E-state index is 12.6. The van der Waals surface area contributed by atoms with Crippen molar-refractivity contribution in [3.05, 3.63) is 59.7 Å². The first-order valence-electron chi connectivity index (χ1n) is 10.8. The van der Waals surface area contributed by atoms with Gasteiger partial charge in [0.1, 0.15) is 18.7 Å². The molecule has 0 saturated carbocycles. The molecule has 0 heterocycles. The van der Waals surface area contributed by atoms with E-state index in [4.69, 9.17) is 4.74 Å². The van der Waals surface area contributed by atoms with Gasteiger partial charge in [-0.1, -0.05) is 76.2 Å². The van der Waals surface area contributed by atoms with Crippen molar-refractivity contribution in [2.75, 3.05) is 6.61 Å². The van der Waals surface area contributed by atoms with Gasteiger partial charge in [0.25, 0.3) is 0 Å². The number of amides is 2. The zero-order valence-corrected chi connectivity index (χ0v) is 18.8. The predicted octanol–water partition coefficient (Wildman–Crippen LogP) is 3.92. The van der Waals surface area contributed by atoms with Crippen LogP contribution in [0.2, 0.25) is 0 Å². The zero-order valence-electron chi connectivity index (χ0n) is 18.8. The average Bonchev–Trinajstić information content (AvgIpc) is 3.07. The number of ether oxygens (including phenoxy) is 1. The van der Waals surface area contributed by atoms with E-state index in [0.717, 1.165) is 22.3 Å². The molecule has 3 N–H and O–H groups in total. The summed E-state index contributed by atoms with van der Waals surface area (Å²) in [5.74, 6) is -1.76. The van der Waals surface area contributed by atoms with Crippen LogP contribution in [-0.4, -0.2) is 41.8 Å². The molecule has 0 aliphatic heterocycles. The normalized spacial score (nSPS) is 14.6. The number of benzene rings is 2. The minimum absolute atomic E-state index is 0.0839. The molecule has 0 bridgehead atoms. The highest BCUT2D eigenvalue weighted by Crippen LogP contribution is 2.44. The van der Waals surface area contributed by atoms with Gasteiger partial charge in [-0.2, -0.15) is 0 Å². The molecule has 2 amide bonds. The van der Waals surface area contributed by atoms with Gasteiger partial charge in [0.15, 0.2) is 0 Å². The lowest BCUT2D eigenvalue weighted by Crippen LogP contribution is -2.55. The van der Waals surface area contributed by atoms with Gasteiger partial charge in [0.2, 0.25) is 5.91 Å². The molecule has 0 radical (unpaired) electrons. The van der Waals surface area contributed by atoms with E-state index in [-0.39, 0.29) is 12.5 Å². The fourth-order valence-electron chi connectivity index (χ4n) is 4.03. The molecule has 32 heavy (non-hydrogen) atoms. The van der Waals surface area contributed by atoms with Crippen LogP contribution in [0.5, 0.6) is 0 Å². The summed E-state index contributed by atoms with van der Waals surface area (Å²) in [6, 6.07) is 14.1. The third-order valence-electron chi connectivity index (χ3n) is 5.76. The standard InChI is InChI=1S/C25H30N2O5/c1-5-20(22(28)27-21(23(29)30)25(2,3)4)26-24(31)32-14-19-17-12-8-6-10-15(17)16-11-7-9-13-18(16)19/h6-13,19-21H,5,14H2,1-4H3,(H,26,31)(H,27,28)(H,29,30)/t20?,21-/m0/s1. The van der Waals surface area contributed by atoms with E-state index in [1.165, 1.54) is 0 Å². The molecule has 2 aromatic carbocycles. The number of nitrogens with one attached hydrogen (secondary N) is 2. The van der Waals surface area contributed by atoms with Crippen molar-refractivity contribution in [1.29, 1.82) is 0 Å². The number of hydrogen-bond acceptors (Lipinski definition) is 4. The summed E-state index contributed by atoms with van der Waals surface area (Å²) in [6.45, 7) is 7.06. The zero-order chi connectivity index (χ0) is 23.5. The molecule has 2 atom stereocenters. The number of aliphatic carboxylic acids is 1. The van der Waals surface area contributed by atoms with Gasteiger partial charge < -0.3 is 20.5 Å². The molecule has 0 aromatic heterocycles. The smallest absolute Gasteiger partial charge is 0.407 e. The molecule has 2 aromatic rings. The Kier molecular flexibility index (Phi) is 6.87. The fourth-order valence-corrected chi connectivity index (χ4v) is 4.03. The van der Waals surface area contributed by atoms with Crippen molar-refractivity contribution in [3.63, 3.8) is 0 Å². The Balaban J connectivity index is 1.64. The Morgan fingerprint density at radius 3 is 1.97 bits per heavy atom. The van der Waals surface area contributed by atoms with Gasteiger partial charge in [-0.15, -0.1) is 0 Å². The van der Waals surface area contributed by atoms with Crippen molar-refractivity contribution in [2.45, 2.75) is 52.1 Å². The lowest BCUT2D eigenvalue weighted by molar-refractivity contribution is -0.145. The van der Waals surface area contributed by atoms with Gasteiger partial charge in [0.05, 0.1) is 0 Å². The molecule has 170 valence electrons. The number of carboxylic acids is 1. The average molecular weight is 439 g/mol. The summed E-state index contributed by atoms with van der Waals surface area (Å²) in [7, 11) is 0. The molecule has 3 rings (SSSR count). The third-order valence-corrected chi connectivity index (χ3v) is 5.76. The van der Waals surface area contributed by atoms with Crippen LogP contribution in [0.25, 0.3) is 11.1 Å². The first-order chi connectivity index (χ1) is 15.1. The summed E-state index contributed by atoms with van der Waals surface area (Å²) >= 11 is 0. The van der Waals surface area contributed by atoms with Crippen molar-refractivity contribution in [1.82, 2.24) is 10.6 Å². The Bertz CT molecular complexity index is 966. The molecular weight excluding hydrogens is 408 g/mol. The van der Waals surface area contributed by atoms with E-state index in [1.54, 1.807) is 27.7 Å². The van der Waals surface area contributed by atoms with Crippen LogP contribution in [0.4, 0.5) is 4.79 Å². The van der Waals surface area contributed by atoms with Crippen molar-refractivity contribution in [2.24, 2.45) is 5.41 Å². The van der Waals surface area contributed by atoms with E-state index < -0.39 is 35.5 Å². The Hall–Kier alpha value is -3.35. The monoisotopic (exact) mass is 438 g/mol. The Morgan fingerprint density at radius 2 is 1.50 bits per heavy atom. The van der Waals surface area contributed by atoms with Gasteiger partial charge in [0, 0.05) is 5.92 Å². The molecule has 0 fully saturated rings. The van der Waals surface area contributed by atoms with E-state index in [0.29, 0.717) is 6.42 Å². The topological polar surface area (TPSA) is 105 Å². The molecule has 7 heteroatoms. The van der Waals surface area contributed by atoms with Crippen LogP contribution < -0.4 is 10.6 Å². The fraction of sp³-hybridized carbons (Fsp3) is 0.400. The number of carbonyl (C=O) groups is 3. The number of fused-ring (bicyclic) bond motifs is 3. The third kappa shape index (κ3) is 4.93. The molecule has 0 spiro atoms. The number of hydrogen-bond donors (Lipinski definition) is 3. The Labute approximate surface area is 188 Å². The first kappa shape index (κ1) is 23.3. The lowest BCUT2D eigenvalue weighted by atomic mass is 9.86. The second-order valence-electron chi connectivity index (χ2n) is 9.08. The first-order valence-corrected chi connectivity index (χ1v) is 10.8. The number of rotatable bonds is 7. The molecule has 1 aliphatic rings. The van der Waals surface area contributed by atoms with Crippen LogP contribution in [0, 0.1) is 5.41 Å². The van der Waals surface area contributed by atoms with Crippen LogP contribution >= 0.6 is 0 Å². The second kappa shape index (κ2) is 9.42. The SMILES string of the molecule is CCC(NC(=O)OCC1c2ccccc2-c2ccccc21)C(=O)N[C@@H](C(=O)O)C(C)(C)C. The highest BCUT2D eigenvalue weighted by Gasteiger charge is 2.35. The minimum Gasteiger partial charge on any atom is -0.480 e. The maximum Gasteiger partial charge on any atom is 0.407 e. The second-order valence-corrected chi connectivity index (χ2v) is 9.08. The van der Waals surface area contributed by atoms with Gasteiger partial charge in [-0.3, -0.25) is 4.79 Å². The van der Waals surface area contributed by atoms with Crippen LogP contribution in [0.1, 0.15) is 51.2 Å². The summed E-state index contributed by atoms with van der Waals surface area (Å²) in [5, 5.41) is 14.5. The minimum atomic E-state index is -1.12. The lowest BCUT2D eigenvalue weighted by Gasteiger charge is -2.29. The summed E-state index contributed by atoms with van der Waals surface area (Å²) in [6.07, 6.45) is -0.413. The molecule has 1 unspecified atom stereocenters.